The maximum Gasteiger partial charge on any atom is 0.271 e. The molecule has 2 heterocycles. The van der Waals surface area contributed by atoms with Crippen molar-refractivity contribution in [3.63, 3.8) is 0 Å². The van der Waals surface area contributed by atoms with Gasteiger partial charge >= 0.3 is 0 Å². The van der Waals surface area contributed by atoms with Crippen LogP contribution in [0, 0.1) is 5.92 Å². The molecule has 1 amide bonds. The quantitative estimate of drug-likeness (QED) is 0.907. The second kappa shape index (κ2) is 4.53. The largest absolute Gasteiger partial charge is 0.352 e. The summed E-state index contributed by atoms with van der Waals surface area (Å²) in [5.41, 5.74) is -0.183. The van der Waals surface area contributed by atoms with Crippen molar-refractivity contribution in [2.45, 2.75) is 19.3 Å². The summed E-state index contributed by atoms with van der Waals surface area (Å²) in [4.78, 5) is 28.7. The van der Waals surface area contributed by atoms with E-state index in [1.807, 2.05) is 0 Å². The fourth-order valence-electron chi connectivity index (χ4n) is 2.01. The number of thiazole rings is 1. The molecule has 94 valence electrons. The van der Waals surface area contributed by atoms with Crippen molar-refractivity contribution in [1.29, 1.82) is 0 Å². The number of aromatic nitrogens is 2. The van der Waals surface area contributed by atoms with Crippen LogP contribution in [0.5, 0.6) is 0 Å². The fourth-order valence-corrected chi connectivity index (χ4v) is 2.68. The number of carbonyl (C=O) groups is 1. The Hall–Kier alpha value is -1.69. The van der Waals surface area contributed by atoms with E-state index in [2.05, 4.69) is 10.3 Å². The Morgan fingerprint density at radius 3 is 3.11 bits per heavy atom. The van der Waals surface area contributed by atoms with Crippen molar-refractivity contribution in [3.05, 3.63) is 33.7 Å². The van der Waals surface area contributed by atoms with Gasteiger partial charge in [-0.2, -0.15) is 0 Å². The molecule has 0 spiro atoms. The molecule has 0 unspecified atom stereocenters. The molecule has 0 aliphatic heterocycles. The van der Waals surface area contributed by atoms with Crippen LogP contribution in [0.4, 0.5) is 0 Å². The van der Waals surface area contributed by atoms with Gasteiger partial charge in [-0.15, -0.1) is 11.3 Å². The zero-order chi connectivity index (χ0) is 12.5. The highest BCUT2D eigenvalue weighted by atomic mass is 32.1. The first-order chi connectivity index (χ1) is 8.75. The van der Waals surface area contributed by atoms with Gasteiger partial charge in [-0.05, 0) is 18.8 Å². The topological polar surface area (TPSA) is 63.5 Å². The summed E-state index contributed by atoms with van der Waals surface area (Å²) in [5, 5.41) is 4.59. The van der Waals surface area contributed by atoms with Crippen molar-refractivity contribution in [2.75, 3.05) is 6.54 Å². The van der Waals surface area contributed by atoms with Crippen LogP contribution in [0.2, 0.25) is 0 Å². The van der Waals surface area contributed by atoms with E-state index in [0.717, 1.165) is 0 Å². The molecule has 0 atom stereocenters. The number of nitrogens with one attached hydrogen (secondary N) is 1. The van der Waals surface area contributed by atoms with E-state index >= 15 is 0 Å². The van der Waals surface area contributed by atoms with Gasteiger partial charge in [0.05, 0.1) is 0 Å². The third-order valence-corrected chi connectivity index (χ3v) is 4.13. The molecule has 0 aromatic carbocycles. The van der Waals surface area contributed by atoms with Crippen LogP contribution in [-0.2, 0) is 0 Å². The summed E-state index contributed by atoms with van der Waals surface area (Å²) < 4.78 is 1.41. The molecule has 1 fully saturated rings. The lowest BCUT2D eigenvalue weighted by Gasteiger charge is -2.25. The van der Waals surface area contributed by atoms with Crippen molar-refractivity contribution in [3.8, 4) is 0 Å². The highest BCUT2D eigenvalue weighted by Crippen LogP contribution is 2.25. The van der Waals surface area contributed by atoms with Gasteiger partial charge in [0.15, 0.2) is 4.96 Å². The van der Waals surface area contributed by atoms with Gasteiger partial charge in [0.1, 0.15) is 5.56 Å². The van der Waals surface area contributed by atoms with Crippen molar-refractivity contribution < 1.29 is 4.79 Å². The molecular weight excluding hydrogens is 250 g/mol. The van der Waals surface area contributed by atoms with Gasteiger partial charge in [-0.3, -0.25) is 14.0 Å². The highest BCUT2D eigenvalue weighted by Gasteiger charge is 2.19. The van der Waals surface area contributed by atoms with Gasteiger partial charge in [0.2, 0.25) is 0 Å². The number of nitrogens with zero attached hydrogens (tertiary/aromatic N) is 2. The average Bonchev–Trinajstić information content (AvgIpc) is 2.76. The molecule has 0 radical (unpaired) electrons. The van der Waals surface area contributed by atoms with Crippen molar-refractivity contribution >= 4 is 22.2 Å². The molecule has 2 aromatic heterocycles. The van der Waals surface area contributed by atoms with Crippen LogP contribution in [0.3, 0.4) is 0 Å². The summed E-state index contributed by atoms with van der Waals surface area (Å²) in [6.45, 7) is 0.657. The number of hydrogen-bond donors (Lipinski definition) is 1. The molecule has 2 aromatic rings. The summed E-state index contributed by atoms with van der Waals surface area (Å²) >= 11 is 1.37. The van der Waals surface area contributed by atoms with Crippen LogP contribution in [0.1, 0.15) is 29.6 Å². The summed E-state index contributed by atoms with van der Waals surface area (Å²) in [7, 11) is 0. The SMILES string of the molecule is O=C(NCC1CCC1)c1cnc2sccn2c1=O. The molecule has 0 bridgehead atoms. The first-order valence-corrected chi connectivity index (χ1v) is 6.87. The monoisotopic (exact) mass is 263 g/mol. The maximum atomic E-state index is 12.0. The number of hydrogen-bond acceptors (Lipinski definition) is 4. The van der Waals surface area contributed by atoms with E-state index in [9.17, 15) is 9.59 Å². The van der Waals surface area contributed by atoms with Crippen LogP contribution in [0.15, 0.2) is 22.6 Å². The van der Waals surface area contributed by atoms with Crippen LogP contribution in [0.25, 0.3) is 4.96 Å². The Kier molecular flexibility index (Phi) is 2.87. The van der Waals surface area contributed by atoms with Crippen LogP contribution in [-0.4, -0.2) is 21.8 Å². The van der Waals surface area contributed by atoms with Gasteiger partial charge in [0.25, 0.3) is 11.5 Å². The van der Waals surface area contributed by atoms with E-state index in [1.165, 1.54) is 41.2 Å². The molecule has 0 saturated heterocycles. The lowest BCUT2D eigenvalue weighted by atomic mass is 9.85. The first kappa shape index (κ1) is 11.4. The molecule has 1 saturated carbocycles. The van der Waals surface area contributed by atoms with Gasteiger partial charge in [0, 0.05) is 24.3 Å². The second-order valence-electron chi connectivity index (χ2n) is 4.54. The lowest BCUT2D eigenvalue weighted by Crippen LogP contribution is -2.35. The Bertz CT molecular complexity index is 642. The molecular formula is C12H13N3O2S. The zero-order valence-corrected chi connectivity index (χ0v) is 10.6. The highest BCUT2D eigenvalue weighted by molar-refractivity contribution is 7.15. The minimum Gasteiger partial charge on any atom is -0.352 e. The fraction of sp³-hybridized carbons (Fsp3) is 0.417. The number of rotatable bonds is 3. The van der Waals surface area contributed by atoms with E-state index < -0.39 is 0 Å². The Morgan fingerprint density at radius 2 is 2.39 bits per heavy atom. The van der Waals surface area contributed by atoms with Gasteiger partial charge < -0.3 is 5.32 Å². The smallest absolute Gasteiger partial charge is 0.271 e. The first-order valence-electron chi connectivity index (χ1n) is 5.99. The molecule has 5 nitrogen and oxygen atoms in total. The van der Waals surface area contributed by atoms with Gasteiger partial charge in [-0.1, -0.05) is 6.42 Å². The Morgan fingerprint density at radius 1 is 1.56 bits per heavy atom. The second-order valence-corrected chi connectivity index (χ2v) is 5.41. The summed E-state index contributed by atoms with van der Waals surface area (Å²) in [6.07, 6.45) is 6.58. The molecule has 1 aliphatic rings. The standard InChI is InChI=1S/C12H13N3O2S/c16-10(13-6-8-2-1-3-8)9-7-14-12-15(11(9)17)4-5-18-12/h4-5,7-8H,1-3,6H2,(H,13,16). The number of carbonyl (C=O) groups excluding carboxylic acids is 1. The van der Waals surface area contributed by atoms with E-state index in [-0.39, 0.29) is 17.0 Å². The van der Waals surface area contributed by atoms with Crippen LogP contribution < -0.4 is 10.9 Å². The summed E-state index contributed by atoms with van der Waals surface area (Å²) in [5.74, 6) is 0.259. The van der Waals surface area contributed by atoms with E-state index in [4.69, 9.17) is 0 Å². The Labute approximate surface area is 107 Å². The summed E-state index contributed by atoms with van der Waals surface area (Å²) in [6, 6.07) is 0. The van der Waals surface area contributed by atoms with Gasteiger partial charge in [-0.25, -0.2) is 4.98 Å². The third-order valence-electron chi connectivity index (χ3n) is 3.36. The van der Waals surface area contributed by atoms with Crippen LogP contribution >= 0.6 is 11.3 Å². The van der Waals surface area contributed by atoms with Crippen molar-refractivity contribution in [2.24, 2.45) is 5.92 Å². The third kappa shape index (κ3) is 1.92. The predicted molar refractivity (Wildman–Crippen MR) is 69.0 cm³/mol. The molecule has 3 rings (SSSR count). The molecule has 1 aliphatic carbocycles. The number of amides is 1. The molecule has 18 heavy (non-hydrogen) atoms. The Balaban J connectivity index is 1.81. The van der Waals surface area contributed by atoms with Crippen molar-refractivity contribution in [1.82, 2.24) is 14.7 Å². The van der Waals surface area contributed by atoms with E-state index in [0.29, 0.717) is 17.4 Å². The maximum absolute atomic E-state index is 12.0. The lowest BCUT2D eigenvalue weighted by molar-refractivity contribution is 0.0937. The zero-order valence-electron chi connectivity index (χ0n) is 9.76. The molecule has 6 heteroatoms. The molecule has 1 N–H and O–H groups in total. The van der Waals surface area contributed by atoms with E-state index in [1.54, 1.807) is 11.6 Å². The average molecular weight is 263 g/mol. The normalized spacial score (nSPS) is 15.6. The minimum absolute atomic E-state index is 0.116. The number of fused-ring (bicyclic) bond motifs is 1. The minimum atomic E-state index is -0.319. The predicted octanol–water partition coefficient (Wildman–Crippen LogP) is 1.29.